The molecule has 0 amide bonds. The Labute approximate surface area is 140 Å². The minimum absolute atomic E-state index is 0.0715. The number of H-pyrrole nitrogens is 1. The molecule has 0 atom stereocenters. The first-order valence-electron chi connectivity index (χ1n) is 7.81. The number of hydrogen-bond donors (Lipinski definition) is 2. The molecule has 0 fully saturated rings. The van der Waals surface area contributed by atoms with E-state index in [-0.39, 0.29) is 11.7 Å². The Morgan fingerprint density at radius 2 is 2.21 bits per heavy atom. The van der Waals surface area contributed by atoms with E-state index in [2.05, 4.69) is 26.3 Å². The van der Waals surface area contributed by atoms with E-state index in [0.717, 1.165) is 22.1 Å². The van der Waals surface area contributed by atoms with Crippen molar-refractivity contribution in [1.29, 1.82) is 0 Å². The standard InChI is InChI=1S/C16H21N5O2S/c1-11(2)9-24(22,23)20-12(3)5-7-21-10-19-14-8-18-16-13(15(14)21)4-6-17-16/h4,6,8,10-11,20H,3,5,7,9H2,1-2H3,(H,17,18). The van der Waals surface area contributed by atoms with Crippen molar-refractivity contribution in [2.24, 2.45) is 5.92 Å². The van der Waals surface area contributed by atoms with Crippen molar-refractivity contribution in [2.75, 3.05) is 5.75 Å². The summed E-state index contributed by atoms with van der Waals surface area (Å²) in [6.07, 6.45) is 5.81. The molecular formula is C16H21N5O2S. The molecule has 3 aromatic heterocycles. The van der Waals surface area contributed by atoms with Gasteiger partial charge < -0.3 is 9.55 Å². The number of aromatic amines is 1. The quantitative estimate of drug-likeness (QED) is 0.686. The summed E-state index contributed by atoms with van der Waals surface area (Å²) in [5.74, 6) is 0.164. The van der Waals surface area contributed by atoms with Gasteiger partial charge in [-0.05, 0) is 12.0 Å². The zero-order chi connectivity index (χ0) is 17.3. The second-order valence-electron chi connectivity index (χ2n) is 6.30. The Kier molecular flexibility index (Phi) is 4.31. The van der Waals surface area contributed by atoms with Gasteiger partial charge >= 0.3 is 0 Å². The molecule has 0 aliphatic rings. The molecule has 3 rings (SSSR count). The third-order valence-corrected chi connectivity index (χ3v) is 5.37. The average molecular weight is 347 g/mol. The molecule has 2 N–H and O–H groups in total. The Hall–Kier alpha value is -2.35. The number of hydrogen-bond acceptors (Lipinski definition) is 4. The Morgan fingerprint density at radius 1 is 1.42 bits per heavy atom. The molecule has 0 aliphatic carbocycles. The summed E-state index contributed by atoms with van der Waals surface area (Å²) in [5.41, 5.74) is 3.09. The van der Waals surface area contributed by atoms with Crippen molar-refractivity contribution in [3.05, 3.63) is 37.1 Å². The van der Waals surface area contributed by atoms with Crippen LogP contribution in [0.1, 0.15) is 20.3 Å². The van der Waals surface area contributed by atoms with Crippen molar-refractivity contribution in [3.63, 3.8) is 0 Å². The predicted octanol–water partition coefficient (Wildman–Crippen LogP) is 2.39. The van der Waals surface area contributed by atoms with Gasteiger partial charge in [-0.1, -0.05) is 20.4 Å². The number of nitrogens with zero attached hydrogens (tertiary/aromatic N) is 3. The molecule has 7 nitrogen and oxygen atoms in total. The summed E-state index contributed by atoms with van der Waals surface area (Å²) < 4.78 is 28.5. The maximum atomic E-state index is 12.0. The van der Waals surface area contributed by atoms with Crippen molar-refractivity contribution < 1.29 is 8.42 Å². The monoisotopic (exact) mass is 347 g/mol. The van der Waals surface area contributed by atoms with Crippen molar-refractivity contribution in [1.82, 2.24) is 24.2 Å². The van der Waals surface area contributed by atoms with Crippen LogP contribution in [-0.2, 0) is 16.6 Å². The lowest BCUT2D eigenvalue weighted by Crippen LogP contribution is -2.28. The summed E-state index contributed by atoms with van der Waals surface area (Å²) in [6, 6.07) is 1.96. The molecule has 0 aromatic carbocycles. The van der Waals surface area contributed by atoms with Crippen LogP contribution in [0.2, 0.25) is 0 Å². The number of sulfonamides is 1. The molecule has 0 unspecified atom stereocenters. The first-order chi connectivity index (χ1) is 11.4. The van der Waals surface area contributed by atoms with E-state index in [1.54, 1.807) is 12.5 Å². The number of pyridine rings is 1. The highest BCUT2D eigenvalue weighted by Gasteiger charge is 2.14. The highest BCUT2D eigenvalue weighted by Crippen LogP contribution is 2.22. The van der Waals surface area contributed by atoms with E-state index in [1.165, 1.54) is 0 Å². The van der Waals surface area contributed by atoms with Gasteiger partial charge in [0.25, 0.3) is 0 Å². The normalized spacial score (nSPS) is 12.3. The largest absolute Gasteiger partial charge is 0.346 e. The van der Waals surface area contributed by atoms with Crippen LogP contribution in [0.4, 0.5) is 0 Å². The average Bonchev–Trinajstić information content (AvgIpc) is 3.08. The van der Waals surface area contributed by atoms with E-state index in [4.69, 9.17) is 0 Å². The maximum absolute atomic E-state index is 12.0. The number of imidazole rings is 1. The molecule has 0 saturated carbocycles. The van der Waals surface area contributed by atoms with Gasteiger partial charge in [0.05, 0.1) is 23.8 Å². The van der Waals surface area contributed by atoms with Gasteiger partial charge in [0.1, 0.15) is 11.2 Å². The minimum Gasteiger partial charge on any atom is -0.346 e. The Bertz CT molecular complexity index is 984. The molecule has 0 spiro atoms. The Balaban J connectivity index is 1.74. The van der Waals surface area contributed by atoms with Crippen molar-refractivity contribution in [2.45, 2.75) is 26.8 Å². The zero-order valence-electron chi connectivity index (χ0n) is 13.8. The zero-order valence-corrected chi connectivity index (χ0v) is 14.6. The highest BCUT2D eigenvalue weighted by atomic mass is 32.2. The second kappa shape index (κ2) is 6.27. The topological polar surface area (TPSA) is 92.7 Å². The van der Waals surface area contributed by atoms with Crippen LogP contribution in [0.15, 0.2) is 37.1 Å². The van der Waals surface area contributed by atoms with Crippen LogP contribution in [0, 0.1) is 5.92 Å². The number of fused-ring (bicyclic) bond motifs is 3. The maximum Gasteiger partial charge on any atom is 0.232 e. The summed E-state index contributed by atoms with van der Waals surface area (Å²) in [6.45, 7) is 8.17. The lowest BCUT2D eigenvalue weighted by molar-refractivity contribution is 0.571. The molecule has 0 radical (unpaired) electrons. The number of nitrogens with one attached hydrogen (secondary N) is 2. The van der Waals surface area contributed by atoms with Crippen molar-refractivity contribution >= 4 is 32.1 Å². The van der Waals surface area contributed by atoms with E-state index in [9.17, 15) is 8.42 Å². The van der Waals surface area contributed by atoms with Gasteiger partial charge in [0, 0.05) is 30.2 Å². The fraction of sp³-hybridized carbons (Fsp3) is 0.375. The fourth-order valence-corrected chi connectivity index (χ4v) is 4.25. The van der Waals surface area contributed by atoms with Crippen LogP contribution >= 0.6 is 0 Å². The van der Waals surface area contributed by atoms with Crippen molar-refractivity contribution in [3.8, 4) is 0 Å². The number of aromatic nitrogens is 4. The van der Waals surface area contributed by atoms with Crippen LogP contribution in [0.5, 0.6) is 0 Å². The van der Waals surface area contributed by atoms with Crippen LogP contribution < -0.4 is 4.72 Å². The molecule has 8 heteroatoms. The number of allylic oxidation sites excluding steroid dienone is 1. The third-order valence-electron chi connectivity index (χ3n) is 3.67. The molecule has 24 heavy (non-hydrogen) atoms. The first kappa shape index (κ1) is 16.5. The minimum atomic E-state index is -3.33. The molecule has 3 heterocycles. The van der Waals surface area contributed by atoms with Crippen LogP contribution in [0.3, 0.4) is 0 Å². The van der Waals surface area contributed by atoms with Crippen LogP contribution in [0.25, 0.3) is 22.1 Å². The second-order valence-corrected chi connectivity index (χ2v) is 8.07. The number of rotatable bonds is 7. The summed E-state index contributed by atoms with van der Waals surface area (Å²) >= 11 is 0. The first-order valence-corrected chi connectivity index (χ1v) is 9.46. The molecular weight excluding hydrogens is 326 g/mol. The van der Waals surface area contributed by atoms with E-state index < -0.39 is 10.0 Å². The Morgan fingerprint density at radius 3 is 2.96 bits per heavy atom. The highest BCUT2D eigenvalue weighted by molar-refractivity contribution is 7.89. The van der Waals surface area contributed by atoms with Gasteiger partial charge in [-0.25, -0.2) is 18.4 Å². The molecule has 0 aliphatic heterocycles. The van der Waals surface area contributed by atoms with Gasteiger partial charge in [-0.3, -0.25) is 4.72 Å². The van der Waals surface area contributed by atoms with E-state index in [0.29, 0.717) is 18.7 Å². The predicted molar refractivity (Wildman–Crippen MR) is 94.9 cm³/mol. The number of aryl methyl sites for hydroxylation is 1. The van der Waals surface area contributed by atoms with Gasteiger partial charge in [-0.15, -0.1) is 0 Å². The summed E-state index contributed by atoms with van der Waals surface area (Å²) in [7, 11) is -3.33. The van der Waals surface area contributed by atoms with E-state index in [1.807, 2.05) is 30.7 Å². The van der Waals surface area contributed by atoms with Gasteiger partial charge in [0.15, 0.2) is 0 Å². The fourth-order valence-electron chi connectivity index (χ4n) is 2.75. The third kappa shape index (κ3) is 3.43. The molecule has 0 saturated heterocycles. The lowest BCUT2D eigenvalue weighted by Gasteiger charge is -2.12. The SMILES string of the molecule is C=C(CCn1cnc2cnc3[nH]ccc3c21)NS(=O)(=O)CC(C)C. The lowest BCUT2D eigenvalue weighted by atomic mass is 10.3. The van der Waals surface area contributed by atoms with E-state index >= 15 is 0 Å². The molecule has 0 bridgehead atoms. The van der Waals surface area contributed by atoms with Gasteiger partial charge in [-0.2, -0.15) is 0 Å². The smallest absolute Gasteiger partial charge is 0.232 e. The summed E-state index contributed by atoms with van der Waals surface area (Å²) in [5, 5.41) is 0.996. The van der Waals surface area contributed by atoms with Crippen LogP contribution in [-0.4, -0.2) is 33.7 Å². The van der Waals surface area contributed by atoms with Gasteiger partial charge in [0.2, 0.25) is 10.0 Å². The molecule has 3 aromatic rings. The molecule has 128 valence electrons. The summed E-state index contributed by atoms with van der Waals surface area (Å²) in [4.78, 5) is 11.8.